The van der Waals surface area contributed by atoms with E-state index in [2.05, 4.69) is 52.9 Å². The van der Waals surface area contributed by atoms with Gasteiger partial charge in [0, 0.05) is 30.1 Å². The van der Waals surface area contributed by atoms with E-state index >= 15 is 0 Å². The van der Waals surface area contributed by atoms with Crippen molar-refractivity contribution in [2.75, 3.05) is 24.2 Å². The van der Waals surface area contributed by atoms with Crippen LogP contribution < -0.4 is 5.32 Å². The fraction of sp³-hybridized carbons (Fsp3) is 0.818. The van der Waals surface area contributed by atoms with Gasteiger partial charge in [0.05, 0.1) is 6.54 Å². The summed E-state index contributed by atoms with van der Waals surface area (Å²) in [4.78, 5) is 2.51. The largest absolute Gasteiger partial charge is 0.360 e. The molecule has 1 aliphatic heterocycles. The van der Waals surface area contributed by atoms with Crippen LogP contribution in [0.4, 0.5) is 5.13 Å². The van der Waals surface area contributed by atoms with Crippen LogP contribution in [0, 0.1) is 0 Å². The SMILES string of the molecule is CCNc1nnc(CN2CCSC(C)C2C)s1. The highest BCUT2D eigenvalue weighted by Crippen LogP contribution is 2.26. The Labute approximate surface area is 111 Å². The molecule has 0 aliphatic carbocycles. The molecule has 1 N–H and O–H groups in total. The maximum atomic E-state index is 4.25. The molecule has 1 aromatic rings. The van der Waals surface area contributed by atoms with Crippen LogP contribution >= 0.6 is 23.1 Å². The molecule has 0 radical (unpaired) electrons. The number of nitrogens with one attached hydrogen (secondary N) is 1. The zero-order valence-electron chi connectivity index (χ0n) is 10.6. The van der Waals surface area contributed by atoms with Gasteiger partial charge in [0.1, 0.15) is 5.01 Å². The summed E-state index contributed by atoms with van der Waals surface area (Å²) in [6.07, 6.45) is 0. The number of hydrogen-bond acceptors (Lipinski definition) is 6. The highest BCUT2D eigenvalue weighted by Gasteiger charge is 2.25. The van der Waals surface area contributed by atoms with Gasteiger partial charge < -0.3 is 5.32 Å². The van der Waals surface area contributed by atoms with E-state index in [1.54, 1.807) is 11.3 Å². The molecule has 17 heavy (non-hydrogen) atoms. The van der Waals surface area contributed by atoms with Crippen molar-refractivity contribution in [2.24, 2.45) is 0 Å². The predicted molar refractivity (Wildman–Crippen MR) is 75.9 cm³/mol. The third-order valence-corrected chi connectivity index (χ3v) is 5.35. The van der Waals surface area contributed by atoms with E-state index in [1.807, 2.05) is 0 Å². The molecule has 4 nitrogen and oxygen atoms in total. The molecule has 0 saturated carbocycles. The molecular formula is C11H20N4S2. The molecular weight excluding hydrogens is 252 g/mol. The van der Waals surface area contributed by atoms with Gasteiger partial charge in [0.25, 0.3) is 0 Å². The molecule has 96 valence electrons. The Balaban J connectivity index is 1.94. The summed E-state index contributed by atoms with van der Waals surface area (Å²) in [5, 5.41) is 14.4. The average molecular weight is 272 g/mol. The van der Waals surface area contributed by atoms with Crippen LogP contribution in [-0.2, 0) is 6.54 Å². The van der Waals surface area contributed by atoms with Crippen molar-refractivity contribution in [2.45, 2.75) is 38.6 Å². The van der Waals surface area contributed by atoms with Gasteiger partial charge in [0.15, 0.2) is 0 Å². The first-order valence-corrected chi connectivity index (χ1v) is 7.99. The summed E-state index contributed by atoms with van der Waals surface area (Å²) in [7, 11) is 0. The fourth-order valence-electron chi connectivity index (χ4n) is 1.93. The third-order valence-electron chi connectivity index (χ3n) is 3.15. The number of aromatic nitrogens is 2. The maximum Gasteiger partial charge on any atom is 0.205 e. The smallest absolute Gasteiger partial charge is 0.205 e. The standard InChI is InChI=1S/C11H20N4S2/c1-4-12-11-14-13-10(17-11)7-15-5-6-16-9(3)8(15)2/h8-9H,4-7H2,1-3H3,(H,12,14). The van der Waals surface area contributed by atoms with Crippen molar-refractivity contribution in [1.82, 2.24) is 15.1 Å². The number of rotatable bonds is 4. The van der Waals surface area contributed by atoms with Gasteiger partial charge in [-0.15, -0.1) is 10.2 Å². The summed E-state index contributed by atoms with van der Waals surface area (Å²) in [6.45, 7) is 9.70. The van der Waals surface area contributed by atoms with Gasteiger partial charge in [-0.3, -0.25) is 4.90 Å². The molecule has 0 amide bonds. The van der Waals surface area contributed by atoms with Crippen LogP contribution in [0.15, 0.2) is 0 Å². The Morgan fingerprint density at radius 1 is 1.41 bits per heavy atom. The topological polar surface area (TPSA) is 41.1 Å². The lowest BCUT2D eigenvalue weighted by Crippen LogP contribution is -2.43. The number of nitrogens with zero attached hydrogens (tertiary/aromatic N) is 3. The van der Waals surface area contributed by atoms with Crippen molar-refractivity contribution in [3.05, 3.63) is 5.01 Å². The van der Waals surface area contributed by atoms with Gasteiger partial charge in [-0.05, 0) is 13.8 Å². The second-order valence-corrected chi connectivity index (χ2v) is 6.87. The van der Waals surface area contributed by atoms with Crippen molar-refractivity contribution >= 4 is 28.2 Å². The number of thioether (sulfide) groups is 1. The van der Waals surface area contributed by atoms with Gasteiger partial charge in [-0.1, -0.05) is 18.3 Å². The zero-order valence-corrected chi connectivity index (χ0v) is 12.3. The lowest BCUT2D eigenvalue weighted by Gasteiger charge is -2.36. The van der Waals surface area contributed by atoms with Crippen LogP contribution in [0.2, 0.25) is 0 Å². The monoisotopic (exact) mass is 272 g/mol. The summed E-state index contributed by atoms with van der Waals surface area (Å²) < 4.78 is 0. The normalized spacial score (nSPS) is 26.1. The Bertz CT molecular complexity index is 355. The highest BCUT2D eigenvalue weighted by molar-refractivity contribution is 8.00. The van der Waals surface area contributed by atoms with E-state index in [-0.39, 0.29) is 0 Å². The molecule has 1 fully saturated rings. The summed E-state index contributed by atoms with van der Waals surface area (Å²) in [5.74, 6) is 1.23. The second kappa shape index (κ2) is 6.02. The highest BCUT2D eigenvalue weighted by atomic mass is 32.2. The van der Waals surface area contributed by atoms with Crippen LogP contribution in [0.1, 0.15) is 25.8 Å². The predicted octanol–water partition coefficient (Wildman–Crippen LogP) is 2.30. The van der Waals surface area contributed by atoms with Crippen molar-refractivity contribution in [3.63, 3.8) is 0 Å². The minimum absolute atomic E-state index is 0.625. The molecule has 2 rings (SSSR count). The number of anilines is 1. The Hall–Kier alpha value is -0.330. The van der Waals surface area contributed by atoms with Crippen LogP contribution in [0.5, 0.6) is 0 Å². The Kier molecular flexibility index (Phi) is 4.64. The summed E-state index contributed by atoms with van der Waals surface area (Å²) in [5.41, 5.74) is 0. The lowest BCUT2D eigenvalue weighted by atomic mass is 10.2. The molecule has 1 saturated heterocycles. The van der Waals surface area contributed by atoms with Gasteiger partial charge in [0.2, 0.25) is 5.13 Å². The summed E-state index contributed by atoms with van der Waals surface area (Å²) in [6, 6.07) is 0.625. The minimum atomic E-state index is 0.625. The van der Waals surface area contributed by atoms with Gasteiger partial charge >= 0.3 is 0 Å². The van der Waals surface area contributed by atoms with Crippen LogP contribution in [0.25, 0.3) is 0 Å². The maximum absolute atomic E-state index is 4.25. The first-order valence-electron chi connectivity index (χ1n) is 6.12. The van der Waals surface area contributed by atoms with E-state index in [0.29, 0.717) is 11.3 Å². The molecule has 2 heterocycles. The van der Waals surface area contributed by atoms with E-state index in [9.17, 15) is 0 Å². The molecule has 6 heteroatoms. The van der Waals surface area contributed by atoms with Gasteiger partial charge in [-0.2, -0.15) is 11.8 Å². The Morgan fingerprint density at radius 2 is 2.24 bits per heavy atom. The molecule has 0 bridgehead atoms. The minimum Gasteiger partial charge on any atom is -0.360 e. The van der Waals surface area contributed by atoms with E-state index in [4.69, 9.17) is 0 Å². The quantitative estimate of drug-likeness (QED) is 0.911. The zero-order chi connectivity index (χ0) is 12.3. The molecule has 0 spiro atoms. The first kappa shape index (κ1) is 13.1. The van der Waals surface area contributed by atoms with Crippen LogP contribution in [0.3, 0.4) is 0 Å². The van der Waals surface area contributed by atoms with E-state index in [0.717, 1.165) is 29.8 Å². The van der Waals surface area contributed by atoms with E-state index < -0.39 is 0 Å². The fourth-order valence-corrected chi connectivity index (χ4v) is 3.93. The molecule has 0 aromatic carbocycles. The molecule has 1 aromatic heterocycles. The van der Waals surface area contributed by atoms with Crippen LogP contribution in [-0.4, -0.2) is 45.2 Å². The van der Waals surface area contributed by atoms with Gasteiger partial charge in [-0.25, -0.2) is 0 Å². The van der Waals surface area contributed by atoms with Crippen molar-refractivity contribution in [1.29, 1.82) is 0 Å². The number of hydrogen-bond donors (Lipinski definition) is 1. The molecule has 2 atom stereocenters. The lowest BCUT2D eigenvalue weighted by molar-refractivity contribution is 0.204. The summed E-state index contributed by atoms with van der Waals surface area (Å²) >= 11 is 3.74. The average Bonchev–Trinajstić information content (AvgIpc) is 2.73. The first-order chi connectivity index (χ1) is 8.20. The van der Waals surface area contributed by atoms with E-state index in [1.165, 1.54) is 5.75 Å². The third kappa shape index (κ3) is 3.33. The molecule has 1 aliphatic rings. The second-order valence-electron chi connectivity index (χ2n) is 4.32. The van der Waals surface area contributed by atoms with Crippen molar-refractivity contribution < 1.29 is 0 Å². The molecule has 2 unspecified atom stereocenters. The Morgan fingerprint density at radius 3 is 3.00 bits per heavy atom. The van der Waals surface area contributed by atoms with Crippen molar-refractivity contribution in [3.8, 4) is 0 Å².